The van der Waals surface area contributed by atoms with Gasteiger partial charge >= 0.3 is 12.0 Å². The maximum Gasteiger partial charge on any atom is 0.336 e. The van der Waals surface area contributed by atoms with Crippen LogP contribution < -0.4 is 9.47 Å². The van der Waals surface area contributed by atoms with Crippen molar-refractivity contribution in [3.05, 3.63) is 36.2 Å². The van der Waals surface area contributed by atoms with E-state index in [0.29, 0.717) is 17.7 Å². The summed E-state index contributed by atoms with van der Waals surface area (Å²) in [6.45, 7) is 5.19. The van der Waals surface area contributed by atoms with Gasteiger partial charge in [-0.05, 0) is 57.7 Å². The molecule has 3 heterocycles. The Labute approximate surface area is 179 Å². The summed E-state index contributed by atoms with van der Waals surface area (Å²) in [5.74, 6) is 0.0690. The van der Waals surface area contributed by atoms with Crippen LogP contribution in [0, 0.1) is 12.3 Å². The number of carbonyl (C=O) groups is 1. The van der Waals surface area contributed by atoms with Crippen molar-refractivity contribution in [2.45, 2.75) is 46.1 Å². The summed E-state index contributed by atoms with van der Waals surface area (Å²) in [6.07, 6.45) is 6.92. The van der Waals surface area contributed by atoms with Crippen LogP contribution in [0.15, 0.2) is 30.6 Å². The van der Waals surface area contributed by atoms with E-state index in [1.54, 1.807) is 32.3 Å². The highest BCUT2D eigenvalue weighted by Gasteiger charge is 2.28. The lowest BCUT2D eigenvalue weighted by atomic mass is 9.95. The van der Waals surface area contributed by atoms with Gasteiger partial charge in [-0.15, -0.1) is 5.10 Å². The van der Waals surface area contributed by atoms with Crippen LogP contribution in [0.2, 0.25) is 0 Å². The van der Waals surface area contributed by atoms with Crippen LogP contribution in [-0.2, 0) is 4.79 Å². The molecule has 0 saturated heterocycles. The van der Waals surface area contributed by atoms with E-state index < -0.39 is 11.4 Å². The smallest absolute Gasteiger partial charge is 0.336 e. The zero-order chi connectivity index (χ0) is 22.0. The highest BCUT2D eigenvalue weighted by molar-refractivity contribution is 5.73. The second-order valence-corrected chi connectivity index (χ2v) is 8.38. The highest BCUT2D eigenvalue weighted by atomic mass is 16.5. The minimum Gasteiger partial charge on any atom is -0.481 e. The topological polar surface area (TPSA) is 123 Å². The molecular weight excluding hydrogens is 398 g/mol. The second kappa shape index (κ2) is 8.33. The lowest BCUT2D eigenvalue weighted by Gasteiger charge is -2.24. The molecular formula is C22H25N5O4. The first-order valence-corrected chi connectivity index (χ1v) is 10.2. The fourth-order valence-corrected chi connectivity index (χ4v) is 2.95. The van der Waals surface area contributed by atoms with E-state index in [4.69, 9.17) is 9.47 Å². The Bertz CT molecular complexity index is 1070. The second-order valence-electron chi connectivity index (χ2n) is 8.38. The molecule has 3 aromatic rings. The summed E-state index contributed by atoms with van der Waals surface area (Å²) in [5, 5.41) is 16.2. The Balaban J connectivity index is 1.44. The molecule has 0 aliphatic heterocycles. The summed E-state index contributed by atoms with van der Waals surface area (Å²) < 4.78 is 11.3. The van der Waals surface area contributed by atoms with Gasteiger partial charge in [-0.2, -0.15) is 4.98 Å². The van der Waals surface area contributed by atoms with Crippen molar-refractivity contribution in [2.24, 2.45) is 5.41 Å². The average molecular weight is 423 g/mol. The largest absolute Gasteiger partial charge is 0.481 e. The number of aliphatic carboxylic acids is 1. The van der Waals surface area contributed by atoms with E-state index in [1.807, 2.05) is 19.1 Å². The van der Waals surface area contributed by atoms with Crippen molar-refractivity contribution in [2.75, 3.05) is 6.61 Å². The third kappa shape index (κ3) is 4.65. The van der Waals surface area contributed by atoms with Gasteiger partial charge in [-0.3, -0.25) is 14.9 Å². The molecule has 0 atom stereocenters. The Hall–Kier alpha value is -3.49. The Morgan fingerprint density at radius 2 is 2.06 bits per heavy atom. The Kier molecular flexibility index (Phi) is 5.58. The van der Waals surface area contributed by atoms with Crippen molar-refractivity contribution >= 4 is 5.97 Å². The number of nitrogens with zero attached hydrogens (tertiary/aromatic N) is 4. The average Bonchev–Trinajstić information content (AvgIpc) is 3.18. The first-order valence-electron chi connectivity index (χ1n) is 10.2. The first kappa shape index (κ1) is 20.8. The van der Waals surface area contributed by atoms with E-state index >= 15 is 0 Å². The van der Waals surface area contributed by atoms with Crippen molar-refractivity contribution in [1.82, 2.24) is 25.1 Å². The van der Waals surface area contributed by atoms with Crippen LogP contribution in [0.5, 0.6) is 11.9 Å². The van der Waals surface area contributed by atoms with Crippen LogP contribution in [0.4, 0.5) is 0 Å². The predicted octanol–water partition coefficient (Wildman–Crippen LogP) is 3.66. The van der Waals surface area contributed by atoms with Crippen molar-refractivity contribution in [3.8, 4) is 34.5 Å². The number of nitrogens with one attached hydrogen (secondary N) is 1. The maximum absolute atomic E-state index is 11.2. The summed E-state index contributed by atoms with van der Waals surface area (Å²) in [7, 11) is 0. The number of carboxylic acids is 1. The maximum atomic E-state index is 11.2. The number of hydrogen-bond acceptors (Lipinski definition) is 7. The predicted molar refractivity (Wildman–Crippen MR) is 113 cm³/mol. The van der Waals surface area contributed by atoms with Gasteiger partial charge in [-0.1, -0.05) is 0 Å². The molecule has 0 amide bonds. The van der Waals surface area contributed by atoms with Gasteiger partial charge in [0.05, 0.1) is 11.1 Å². The van der Waals surface area contributed by atoms with E-state index in [2.05, 4.69) is 25.1 Å². The number of H-pyrrole nitrogens is 1. The molecule has 9 nitrogen and oxygen atoms in total. The molecule has 0 aromatic carbocycles. The Morgan fingerprint density at radius 1 is 1.26 bits per heavy atom. The van der Waals surface area contributed by atoms with E-state index in [-0.39, 0.29) is 12.7 Å². The molecule has 1 saturated carbocycles. The molecule has 9 heteroatoms. The molecule has 31 heavy (non-hydrogen) atoms. The number of ether oxygens (including phenoxy) is 2. The monoisotopic (exact) mass is 423 g/mol. The van der Waals surface area contributed by atoms with E-state index in [1.165, 1.54) is 6.42 Å². The number of hydrogen-bond donors (Lipinski definition) is 2. The van der Waals surface area contributed by atoms with Crippen LogP contribution in [-0.4, -0.2) is 48.9 Å². The van der Waals surface area contributed by atoms with Crippen molar-refractivity contribution < 1.29 is 19.4 Å². The molecule has 2 N–H and O–H groups in total. The molecule has 0 radical (unpaired) electrons. The van der Waals surface area contributed by atoms with Crippen LogP contribution in [0.1, 0.15) is 38.7 Å². The Morgan fingerprint density at radius 3 is 2.68 bits per heavy atom. The van der Waals surface area contributed by atoms with Gasteiger partial charge in [0, 0.05) is 29.6 Å². The normalized spacial score (nSPS) is 14.2. The molecule has 0 spiro atoms. The number of aryl methyl sites for hydroxylation is 1. The SMILES string of the molecule is Cc1cc(OCC(C)(C)C(=O)O)ncc1-c1ccc(-c2nc(OC3CCC3)n[nH]2)cn1. The highest BCUT2D eigenvalue weighted by Crippen LogP contribution is 2.27. The summed E-state index contributed by atoms with van der Waals surface area (Å²) in [6, 6.07) is 5.95. The number of pyridine rings is 2. The van der Waals surface area contributed by atoms with Crippen molar-refractivity contribution in [1.29, 1.82) is 0 Å². The quantitative estimate of drug-likeness (QED) is 0.563. The standard InChI is InChI=1S/C22H25N5O4/c1-13-9-18(30-12-22(2,3)20(28)29)24-11-16(13)17-8-7-14(10-23-17)19-25-21(27-26-19)31-15-5-4-6-15/h7-11,15H,4-6,12H2,1-3H3,(H,28,29)(H,25,26,27). The van der Waals surface area contributed by atoms with Gasteiger partial charge in [-0.25, -0.2) is 4.98 Å². The lowest BCUT2D eigenvalue weighted by Crippen LogP contribution is -2.30. The lowest BCUT2D eigenvalue weighted by molar-refractivity contribution is -0.148. The zero-order valence-electron chi connectivity index (χ0n) is 17.8. The molecule has 1 aliphatic rings. The summed E-state index contributed by atoms with van der Waals surface area (Å²) >= 11 is 0. The first-order chi connectivity index (χ1) is 14.8. The van der Waals surface area contributed by atoms with Crippen LogP contribution in [0.3, 0.4) is 0 Å². The van der Waals surface area contributed by atoms with Crippen LogP contribution in [0.25, 0.3) is 22.6 Å². The fraction of sp³-hybridized carbons (Fsp3) is 0.409. The third-order valence-electron chi connectivity index (χ3n) is 5.35. The van der Waals surface area contributed by atoms with Gasteiger partial charge in [0.15, 0.2) is 5.82 Å². The molecule has 3 aromatic heterocycles. The molecule has 0 unspecified atom stereocenters. The number of rotatable bonds is 8. The molecule has 1 aliphatic carbocycles. The number of aromatic amines is 1. The third-order valence-corrected chi connectivity index (χ3v) is 5.35. The van der Waals surface area contributed by atoms with Gasteiger partial charge in [0.2, 0.25) is 5.88 Å². The number of aromatic nitrogens is 5. The van der Waals surface area contributed by atoms with Gasteiger partial charge in [0.1, 0.15) is 12.7 Å². The summed E-state index contributed by atoms with van der Waals surface area (Å²) in [5.41, 5.74) is 2.37. The van der Waals surface area contributed by atoms with Gasteiger partial charge in [0.25, 0.3) is 0 Å². The zero-order valence-corrected chi connectivity index (χ0v) is 17.8. The molecule has 4 rings (SSSR count). The van der Waals surface area contributed by atoms with Crippen LogP contribution >= 0.6 is 0 Å². The summed E-state index contributed by atoms with van der Waals surface area (Å²) in [4.78, 5) is 24.4. The van der Waals surface area contributed by atoms with E-state index in [0.717, 1.165) is 35.2 Å². The van der Waals surface area contributed by atoms with Gasteiger partial charge < -0.3 is 14.6 Å². The minimum atomic E-state index is -0.991. The molecule has 162 valence electrons. The minimum absolute atomic E-state index is 0.0324. The number of carboxylic acid groups (broad SMARTS) is 1. The fourth-order valence-electron chi connectivity index (χ4n) is 2.95. The van der Waals surface area contributed by atoms with Crippen molar-refractivity contribution in [3.63, 3.8) is 0 Å². The van der Waals surface area contributed by atoms with E-state index in [9.17, 15) is 9.90 Å². The molecule has 1 fully saturated rings. The molecule has 0 bridgehead atoms.